The van der Waals surface area contributed by atoms with Gasteiger partial charge in [-0.2, -0.15) is 0 Å². The molecule has 0 saturated carbocycles. The molecule has 1 aliphatic rings. The van der Waals surface area contributed by atoms with Crippen LogP contribution in [-0.4, -0.2) is 32.9 Å². The minimum Gasteiger partial charge on any atom is -0.306 e. The molecule has 0 aromatic carbocycles. The lowest BCUT2D eigenvalue weighted by Gasteiger charge is -2.05. The van der Waals surface area contributed by atoms with Crippen LogP contribution in [0.5, 0.6) is 0 Å². The van der Waals surface area contributed by atoms with E-state index in [1.165, 1.54) is 25.8 Å². The molecule has 0 aromatic rings. The van der Waals surface area contributed by atoms with Crippen molar-refractivity contribution in [1.82, 2.24) is 4.90 Å². The van der Waals surface area contributed by atoms with Crippen LogP contribution in [0.1, 0.15) is 6.42 Å². The molecule has 0 aliphatic carbocycles. The van der Waals surface area contributed by atoms with Gasteiger partial charge < -0.3 is 4.90 Å². The molecular weight excluding hydrogens is 96.9 g/mol. The molecular formula is C6H14BN. The molecule has 0 bridgehead atoms. The first-order valence-electron chi connectivity index (χ1n) is 3.51. The smallest absolute Gasteiger partial charge is 0.101 e. The van der Waals surface area contributed by atoms with Crippen LogP contribution in [0.15, 0.2) is 0 Å². The Hall–Kier alpha value is 0.0249. The Morgan fingerprint density at radius 1 is 1.75 bits per heavy atom. The third-order valence-corrected chi connectivity index (χ3v) is 2.07. The fraction of sp³-hybridized carbons (Fsp3) is 1.00. The van der Waals surface area contributed by atoms with Crippen LogP contribution in [0.4, 0.5) is 0 Å². The first-order chi connectivity index (χ1) is 3.83. The zero-order chi connectivity index (χ0) is 5.98. The summed E-state index contributed by atoms with van der Waals surface area (Å²) in [7, 11) is 4.49. The average Bonchev–Trinajstić information content (AvgIpc) is 2.14. The molecule has 0 aromatic heterocycles. The fourth-order valence-electron chi connectivity index (χ4n) is 1.36. The molecule has 0 spiro atoms. The normalized spacial score (nSPS) is 31.4. The Morgan fingerprint density at radius 2 is 2.50 bits per heavy atom. The van der Waals surface area contributed by atoms with Gasteiger partial charge in [-0.25, -0.2) is 0 Å². The number of hydrogen-bond acceptors (Lipinski definition) is 1. The summed E-state index contributed by atoms with van der Waals surface area (Å²) in [6.45, 7) is 2.65. The maximum Gasteiger partial charge on any atom is 0.101 e. The van der Waals surface area contributed by atoms with Gasteiger partial charge in [0.05, 0.1) is 0 Å². The first kappa shape index (κ1) is 6.15. The van der Waals surface area contributed by atoms with Crippen LogP contribution in [0, 0.1) is 5.92 Å². The number of hydrogen-bond donors (Lipinski definition) is 0. The van der Waals surface area contributed by atoms with E-state index in [4.69, 9.17) is 0 Å². The molecule has 1 nitrogen and oxygen atoms in total. The molecule has 0 N–H and O–H groups in total. The van der Waals surface area contributed by atoms with Crippen LogP contribution < -0.4 is 0 Å². The van der Waals surface area contributed by atoms with E-state index in [9.17, 15) is 0 Å². The summed E-state index contributed by atoms with van der Waals surface area (Å²) in [5.74, 6) is 1.000. The van der Waals surface area contributed by atoms with Crippen molar-refractivity contribution < 1.29 is 0 Å². The van der Waals surface area contributed by atoms with E-state index < -0.39 is 0 Å². The van der Waals surface area contributed by atoms with Crippen LogP contribution in [0.25, 0.3) is 0 Å². The summed E-state index contributed by atoms with van der Waals surface area (Å²) < 4.78 is 0. The lowest BCUT2D eigenvalue weighted by molar-refractivity contribution is 0.402. The zero-order valence-electron chi connectivity index (χ0n) is 5.85. The second-order valence-electron chi connectivity index (χ2n) is 2.83. The average molecular weight is 111 g/mol. The third-order valence-electron chi connectivity index (χ3n) is 2.07. The summed E-state index contributed by atoms with van der Waals surface area (Å²) in [5.41, 5.74) is 0. The Balaban J connectivity index is 2.22. The van der Waals surface area contributed by atoms with Gasteiger partial charge in [0.2, 0.25) is 0 Å². The molecule has 1 rings (SSSR count). The minimum atomic E-state index is 1.000. The Morgan fingerprint density at radius 3 is 2.75 bits per heavy atom. The molecule has 1 fully saturated rings. The van der Waals surface area contributed by atoms with Crippen LogP contribution >= 0.6 is 0 Å². The van der Waals surface area contributed by atoms with Crippen LogP contribution in [0.3, 0.4) is 0 Å². The second kappa shape index (κ2) is 2.54. The van der Waals surface area contributed by atoms with E-state index in [-0.39, 0.29) is 0 Å². The van der Waals surface area contributed by atoms with Crippen molar-refractivity contribution in [3.8, 4) is 0 Å². The van der Waals surface area contributed by atoms with Gasteiger partial charge >= 0.3 is 0 Å². The van der Waals surface area contributed by atoms with Crippen LogP contribution in [-0.2, 0) is 0 Å². The van der Waals surface area contributed by atoms with Crippen molar-refractivity contribution in [3.05, 3.63) is 0 Å². The van der Waals surface area contributed by atoms with Gasteiger partial charge in [0, 0.05) is 6.54 Å². The second-order valence-corrected chi connectivity index (χ2v) is 2.83. The quantitative estimate of drug-likeness (QED) is 0.430. The van der Waals surface area contributed by atoms with Crippen molar-refractivity contribution >= 4 is 7.85 Å². The number of rotatable bonds is 1. The van der Waals surface area contributed by atoms with Gasteiger partial charge in [0.1, 0.15) is 7.85 Å². The highest BCUT2D eigenvalue weighted by molar-refractivity contribution is 6.08. The van der Waals surface area contributed by atoms with Gasteiger partial charge in [-0.1, -0.05) is 6.32 Å². The maximum atomic E-state index is 2.41. The molecule has 8 heavy (non-hydrogen) atoms. The molecule has 1 heterocycles. The van der Waals surface area contributed by atoms with Crippen molar-refractivity contribution in [2.75, 3.05) is 20.1 Å². The summed E-state index contributed by atoms with van der Waals surface area (Å²) >= 11 is 0. The summed E-state index contributed by atoms with van der Waals surface area (Å²) in [4.78, 5) is 2.41. The molecule has 1 saturated heterocycles. The molecule has 2 heteroatoms. The number of likely N-dealkylation sites (tertiary alicyclic amines) is 1. The van der Waals surface area contributed by atoms with Crippen molar-refractivity contribution in [2.45, 2.75) is 12.7 Å². The first-order valence-corrected chi connectivity index (χ1v) is 3.51. The predicted octanol–water partition coefficient (Wildman–Crippen LogP) is -0.0105. The van der Waals surface area contributed by atoms with Crippen molar-refractivity contribution in [2.24, 2.45) is 5.92 Å². The molecule has 1 aliphatic heterocycles. The fourth-order valence-corrected chi connectivity index (χ4v) is 1.36. The number of nitrogens with zero attached hydrogens (tertiary/aromatic N) is 1. The lowest BCUT2D eigenvalue weighted by Crippen LogP contribution is -2.13. The van der Waals surface area contributed by atoms with Gasteiger partial charge in [-0.15, -0.1) is 0 Å². The van der Waals surface area contributed by atoms with Gasteiger partial charge in [-0.3, -0.25) is 0 Å². The van der Waals surface area contributed by atoms with E-state index >= 15 is 0 Å². The summed E-state index contributed by atoms with van der Waals surface area (Å²) in [6.07, 6.45) is 2.79. The molecule has 1 unspecified atom stereocenters. The van der Waals surface area contributed by atoms with Crippen LogP contribution in [0.2, 0.25) is 6.32 Å². The highest BCUT2D eigenvalue weighted by Crippen LogP contribution is 2.15. The van der Waals surface area contributed by atoms with E-state index in [0.717, 1.165) is 5.92 Å². The Kier molecular flexibility index (Phi) is 1.95. The largest absolute Gasteiger partial charge is 0.306 e. The highest BCUT2D eigenvalue weighted by atomic mass is 15.1. The minimum absolute atomic E-state index is 1.000. The zero-order valence-corrected chi connectivity index (χ0v) is 5.85. The van der Waals surface area contributed by atoms with E-state index in [2.05, 4.69) is 19.8 Å². The molecule has 1 atom stereocenters. The Labute approximate surface area is 52.5 Å². The Bertz CT molecular complexity index is 74.9. The van der Waals surface area contributed by atoms with E-state index in [0.29, 0.717) is 0 Å². The standard InChI is InChI=1S/C6H14BN/c1-8-3-2-6(4-7)5-8/h6H,2-5,7H2,1H3. The van der Waals surface area contributed by atoms with Gasteiger partial charge in [-0.05, 0) is 25.9 Å². The SMILES string of the molecule is BCC1CCN(C)C1. The third kappa shape index (κ3) is 1.25. The summed E-state index contributed by atoms with van der Waals surface area (Å²) in [5, 5.41) is 0. The van der Waals surface area contributed by atoms with E-state index in [1.807, 2.05) is 0 Å². The monoisotopic (exact) mass is 111 g/mol. The van der Waals surface area contributed by atoms with Gasteiger partial charge in [0.25, 0.3) is 0 Å². The molecule has 0 radical (unpaired) electrons. The lowest BCUT2D eigenvalue weighted by atomic mass is 9.91. The highest BCUT2D eigenvalue weighted by Gasteiger charge is 2.16. The van der Waals surface area contributed by atoms with E-state index in [1.54, 1.807) is 0 Å². The predicted molar refractivity (Wildman–Crippen MR) is 39.0 cm³/mol. The molecule has 0 amide bonds. The summed E-state index contributed by atoms with van der Waals surface area (Å²) in [6, 6.07) is 0. The van der Waals surface area contributed by atoms with Crippen molar-refractivity contribution in [3.63, 3.8) is 0 Å². The van der Waals surface area contributed by atoms with Crippen molar-refractivity contribution in [1.29, 1.82) is 0 Å². The maximum absolute atomic E-state index is 2.41. The van der Waals surface area contributed by atoms with Gasteiger partial charge in [0.15, 0.2) is 0 Å². The topological polar surface area (TPSA) is 3.24 Å². The molecule has 46 valence electrons.